The fourth-order valence-corrected chi connectivity index (χ4v) is 4.89. The number of aromatic nitrogens is 4. The lowest BCUT2D eigenvalue weighted by Gasteiger charge is -2.31. The molecule has 2 aromatic carbocycles. The molecule has 1 aliphatic heterocycles. The maximum Gasteiger partial charge on any atom is 0.409 e. The number of hydrogen-bond donors (Lipinski definition) is 0. The van der Waals surface area contributed by atoms with Crippen molar-refractivity contribution in [1.29, 1.82) is 5.26 Å². The van der Waals surface area contributed by atoms with Gasteiger partial charge < -0.3 is 19.3 Å². The van der Waals surface area contributed by atoms with Crippen LogP contribution in [0.1, 0.15) is 24.0 Å². The van der Waals surface area contributed by atoms with Crippen LogP contribution in [0, 0.1) is 17.2 Å². The Labute approximate surface area is 256 Å². The molecule has 0 bridgehead atoms. The molecule has 2 aromatic heterocycles. The van der Waals surface area contributed by atoms with Crippen molar-refractivity contribution >= 4 is 6.09 Å². The van der Waals surface area contributed by atoms with Gasteiger partial charge in [-0.15, -0.1) is 0 Å². The Hall–Kier alpha value is -5.08. The topological polar surface area (TPSA) is 126 Å². The lowest BCUT2D eigenvalue weighted by atomic mass is 9.98. The third-order valence-electron chi connectivity index (χ3n) is 7.42. The van der Waals surface area contributed by atoms with E-state index >= 15 is 0 Å². The minimum atomic E-state index is -0.251. The van der Waals surface area contributed by atoms with Gasteiger partial charge in [-0.3, -0.25) is 4.79 Å². The van der Waals surface area contributed by atoms with E-state index < -0.39 is 0 Å². The minimum absolute atomic E-state index is 0.223. The number of nitrogens with zero attached hydrogens (tertiary/aromatic N) is 7. The van der Waals surface area contributed by atoms with Crippen molar-refractivity contribution in [3.8, 4) is 34.5 Å². The smallest absolute Gasteiger partial charge is 0.409 e. The number of likely N-dealkylation sites (tertiary alicyclic amines) is 1. The predicted octanol–water partition coefficient (Wildman–Crippen LogP) is 4.08. The van der Waals surface area contributed by atoms with E-state index in [-0.39, 0.29) is 18.2 Å². The molecule has 3 heterocycles. The van der Waals surface area contributed by atoms with Crippen LogP contribution in [0.3, 0.4) is 0 Å². The average molecular weight is 594 g/mol. The third-order valence-corrected chi connectivity index (χ3v) is 7.42. The van der Waals surface area contributed by atoms with Crippen LogP contribution in [0.5, 0.6) is 5.75 Å². The first-order chi connectivity index (χ1) is 21.4. The first-order valence-corrected chi connectivity index (χ1v) is 14.6. The summed E-state index contributed by atoms with van der Waals surface area (Å²) in [6.45, 7) is 3.20. The lowest BCUT2D eigenvalue weighted by Crippen LogP contribution is -2.40. The van der Waals surface area contributed by atoms with Crippen LogP contribution in [-0.4, -0.2) is 82.6 Å². The lowest BCUT2D eigenvalue weighted by molar-refractivity contribution is 0.0766. The van der Waals surface area contributed by atoms with Gasteiger partial charge in [0.25, 0.3) is 5.56 Å². The van der Waals surface area contributed by atoms with Gasteiger partial charge in [-0.25, -0.2) is 19.4 Å². The number of rotatable bonds is 10. The molecule has 0 atom stereocenters. The van der Waals surface area contributed by atoms with Crippen LogP contribution in [0.15, 0.2) is 77.9 Å². The number of carbonyl (C=O) groups is 1. The second-order valence-corrected chi connectivity index (χ2v) is 11.0. The SMILES string of the molecule is CN(C)CCOC(=O)N1CCC(COc2cnc(-c3cccc(Cn4nc(-c5cccc(C#N)c5)ccc4=O)c3)nc2)CC1. The fourth-order valence-electron chi connectivity index (χ4n) is 4.89. The molecule has 11 heteroatoms. The summed E-state index contributed by atoms with van der Waals surface area (Å²) in [4.78, 5) is 37.6. The van der Waals surface area contributed by atoms with Crippen LogP contribution >= 0.6 is 0 Å². The maximum atomic E-state index is 12.6. The summed E-state index contributed by atoms with van der Waals surface area (Å²) in [7, 11) is 3.89. The molecule has 11 nitrogen and oxygen atoms in total. The molecule has 1 amide bonds. The van der Waals surface area contributed by atoms with Crippen LogP contribution in [0.4, 0.5) is 4.79 Å². The quantitative estimate of drug-likeness (QED) is 0.267. The summed E-state index contributed by atoms with van der Waals surface area (Å²) >= 11 is 0. The molecule has 0 unspecified atom stereocenters. The number of likely N-dealkylation sites (N-methyl/N-ethyl adjacent to an activating group) is 1. The summed E-state index contributed by atoms with van der Waals surface area (Å²) < 4.78 is 12.7. The van der Waals surface area contributed by atoms with Gasteiger partial charge in [0.1, 0.15) is 6.61 Å². The second kappa shape index (κ2) is 14.4. The first kappa shape index (κ1) is 30.4. The summed E-state index contributed by atoms with van der Waals surface area (Å²) in [5, 5.41) is 13.8. The Balaban J connectivity index is 1.15. The molecule has 0 aliphatic carbocycles. The van der Waals surface area contributed by atoms with Crippen molar-refractivity contribution in [2.24, 2.45) is 5.92 Å². The van der Waals surface area contributed by atoms with E-state index in [1.807, 2.05) is 49.3 Å². The molecule has 0 spiro atoms. The number of nitriles is 1. The summed E-state index contributed by atoms with van der Waals surface area (Å²) in [6, 6.07) is 20.1. The number of piperidine rings is 1. The average Bonchev–Trinajstić information content (AvgIpc) is 3.05. The highest BCUT2D eigenvalue weighted by molar-refractivity contribution is 5.67. The summed E-state index contributed by atoms with van der Waals surface area (Å²) in [5.74, 6) is 1.47. The number of benzene rings is 2. The van der Waals surface area contributed by atoms with Gasteiger partial charge in [0.15, 0.2) is 11.6 Å². The van der Waals surface area contributed by atoms with Crippen molar-refractivity contribution in [2.45, 2.75) is 19.4 Å². The summed E-state index contributed by atoms with van der Waals surface area (Å²) in [5.41, 5.74) is 3.37. The van der Waals surface area contributed by atoms with Gasteiger partial charge in [0, 0.05) is 36.8 Å². The highest BCUT2D eigenvalue weighted by Gasteiger charge is 2.24. The van der Waals surface area contributed by atoms with E-state index in [0.29, 0.717) is 61.6 Å². The van der Waals surface area contributed by atoms with Gasteiger partial charge in [-0.2, -0.15) is 10.4 Å². The van der Waals surface area contributed by atoms with E-state index in [1.165, 1.54) is 10.7 Å². The molecule has 226 valence electrons. The van der Waals surface area contributed by atoms with E-state index in [2.05, 4.69) is 21.1 Å². The largest absolute Gasteiger partial charge is 0.490 e. The zero-order valence-electron chi connectivity index (χ0n) is 24.9. The van der Waals surface area contributed by atoms with Crippen molar-refractivity contribution in [3.05, 3.63) is 94.5 Å². The maximum absolute atomic E-state index is 12.6. The number of hydrogen-bond acceptors (Lipinski definition) is 9. The second-order valence-electron chi connectivity index (χ2n) is 11.0. The van der Waals surface area contributed by atoms with Crippen LogP contribution in [-0.2, 0) is 11.3 Å². The minimum Gasteiger partial charge on any atom is -0.490 e. The summed E-state index contributed by atoms with van der Waals surface area (Å²) in [6.07, 6.45) is 4.77. The molecule has 1 fully saturated rings. The Bertz CT molecular complexity index is 1670. The Kier molecular flexibility index (Phi) is 9.94. The van der Waals surface area contributed by atoms with Crippen molar-refractivity contribution < 1.29 is 14.3 Å². The Morgan fingerprint density at radius 1 is 1.02 bits per heavy atom. The third kappa shape index (κ3) is 8.05. The normalized spacial score (nSPS) is 13.5. The highest BCUT2D eigenvalue weighted by Crippen LogP contribution is 2.22. The van der Waals surface area contributed by atoms with Crippen LogP contribution in [0.2, 0.25) is 0 Å². The predicted molar refractivity (Wildman–Crippen MR) is 165 cm³/mol. The van der Waals surface area contributed by atoms with Crippen molar-refractivity contribution in [2.75, 3.05) is 46.9 Å². The van der Waals surface area contributed by atoms with E-state index in [1.54, 1.807) is 41.6 Å². The van der Waals surface area contributed by atoms with Gasteiger partial charge >= 0.3 is 6.09 Å². The van der Waals surface area contributed by atoms with Gasteiger partial charge in [-0.05, 0) is 62.7 Å². The molecular formula is C33H35N7O4. The zero-order chi connectivity index (χ0) is 30.9. The monoisotopic (exact) mass is 593 g/mol. The molecule has 1 aliphatic rings. The molecule has 0 saturated carbocycles. The van der Waals surface area contributed by atoms with Crippen molar-refractivity contribution in [1.82, 2.24) is 29.5 Å². The van der Waals surface area contributed by atoms with E-state index in [4.69, 9.17) is 9.47 Å². The number of ether oxygens (including phenoxy) is 2. The standard InChI is InChI=1S/C33H35N7O4/c1-38(2)15-16-43-33(42)39-13-11-24(12-14-39)23-44-29-20-35-32(36-21-29)28-8-4-6-26(18-28)22-40-31(41)10-9-30(37-40)27-7-3-5-25(17-27)19-34/h3-10,17-18,20-21,24H,11-16,22-23H2,1-2H3. The van der Waals surface area contributed by atoms with E-state index in [0.717, 1.165) is 29.5 Å². The van der Waals surface area contributed by atoms with E-state index in [9.17, 15) is 14.9 Å². The van der Waals surface area contributed by atoms with Gasteiger partial charge in [-0.1, -0.05) is 30.3 Å². The Morgan fingerprint density at radius 3 is 2.52 bits per heavy atom. The van der Waals surface area contributed by atoms with Gasteiger partial charge in [0.05, 0.1) is 42.9 Å². The highest BCUT2D eigenvalue weighted by atomic mass is 16.6. The zero-order valence-corrected chi connectivity index (χ0v) is 24.9. The van der Waals surface area contributed by atoms with Crippen LogP contribution in [0.25, 0.3) is 22.6 Å². The Morgan fingerprint density at radius 2 is 1.77 bits per heavy atom. The van der Waals surface area contributed by atoms with Gasteiger partial charge in [0.2, 0.25) is 0 Å². The van der Waals surface area contributed by atoms with Crippen molar-refractivity contribution in [3.63, 3.8) is 0 Å². The molecule has 44 heavy (non-hydrogen) atoms. The molecule has 0 N–H and O–H groups in total. The molecular weight excluding hydrogens is 558 g/mol. The molecule has 4 aromatic rings. The number of carbonyl (C=O) groups excluding carboxylic acids is 1. The number of amides is 1. The molecule has 5 rings (SSSR count). The molecule has 1 saturated heterocycles. The fraction of sp³-hybridized carbons (Fsp3) is 0.333. The first-order valence-electron chi connectivity index (χ1n) is 14.6. The van der Waals surface area contributed by atoms with Crippen LogP contribution < -0.4 is 10.3 Å². The molecule has 0 radical (unpaired) electrons.